The van der Waals surface area contributed by atoms with Crippen LogP contribution >= 0.6 is 11.3 Å². The summed E-state index contributed by atoms with van der Waals surface area (Å²) in [6, 6.07) is 16.7. The lowest BCUT2D eigenvalue weighted by Gasteiger charge is -2.29. The molecule has 1 fully saturated rings. The minimum absolute atomic E-state index is 0.175. The summed E-state index contributed by atoms with van der Waals surface area (Å²) in [4.78, 5) is 68.4. The fourth-order valence-corrected chi connectivity index (χ4v) is 10.7. The normalized spacial score (nSPS) is 16.5. The maximum atomic E-state index is 14.0. The van der Waals surface area contributed by atoms with E-state index in [0.717, 1.165) is 103 Å². The van der Waals surface area contributed by atoms with Gasteiger partial charge in [-0.3, -0.25) is 34.2 Å². The van der Waals surface area contributed by atoms with Crippen molar-refractivity contribution >= 4 is 50.7 Å². The van der Waals surface area contributed by atoms with Gasteiger partial charge >= 0.3 is 0 Å². The van der Waals surface area contributed by atoms with Gasteiger partial charge in [0, 0.05) is 41.6 Å². The topological polar surface area (TPSA) is 178 Å². The molecule has 3 aliphatic heterocycles. The Bertz CT molecular complexity index is 2500. The fraction of sp³-hybridized carbons (Fsp3) is 0.449. The van der Waals surface area contributed by atoms with E-state index in [1.807, 2.05) is 42.6 Å². The molecule has 0 aliphatic carbocycles. The van der Waals surface area contributed by atoms with Crippen molar-refractivity contribution in [3.8, 4) is 17.2 Å². The van der Waals surface area contributed by atoms with Gasteiger partial charge in [-0.1, -0.05) is 68.9 Å². The molecule has 0 bridgehead atoms. The van der Waals surface area contributed by atoms with Gasteiger partial charge in [-0.2, -0.15) is 0 Å². The third-order valence-electron chi connectivity index (χ3n) is 12.2. The predicted molar refractivity (Wildman–Crippen MR) is 247 cm³/mol. The van der Waals surface area contributed by atoms with Crippen LogP contribution in [0.25, 0.3) is 0 Å². The number of nitrogens with zero attached hydrogens (tertiary/aromatic N) is 2. The Morgan fingerprint density at radius 1 is 0.846 bits per heavy atom. The van der Waals surface area contributed by atoms with Crippen LogP contribution in [-0.2, 0) is 45.5 Å². The molecule has 0 saturated carbocycles. The Kier molecular flexibility index (Phi) is 15.8. The minimum atomic E-state index is -3.60. The summed E-state index contributed by atoms with van der Waals surface area (Å²) in [6.45, 7) is 4.54. The van der Waals surface area contributed by atoms with Crippen LogP contribution in [0.15, 0.2) is 66.0 Å². The quantitative estimate of drug-likeness (QED) is 0.0531. The molecule has 14 nitrogen and oxygen atoms in total. The number of benzene rings is 3. The van der Waals surface area contributed by atoms with Crippen LogP contribution in [-0.4, -0.2) is 86.1 Å². The lowest BCUT2D eigenvalue weighted by atomic mass is 9.97. The maximum Gasteiger partial charge on any atom is 0.262 e. The van der Waals surface area contributed by atoms with Crippen molar-refractivity contribution < 1.29 is 46.6 Å². The number of nitrogens with one attached hydrogen (secondary N) is 2. The Labute approximate surface area is 384 Å². The molecule has 2 atom stereocenters. The predicted octanol–water partition coefficient (Wildman–Crippen LogP) is 7.33. The summed E-state index contributed by atoms with van der Waals surface area (Å²) in [5.41, 5.74) is 4.62. The van der Waals surface area contributed by atoms with E-state index in [4.69, 9.17) is 14.2 Å². The van der Waals surface area contributed by atoms with Crippen LogP contribution in [0.1, 0.15) is 135 Å². The molecule has 4 heterocycles. The van der Waals surface area contributed by atoms with Crippen LogP contribution in [0.4, 0.5) is 0 Å². The number of hydrogen-bond acceptors (Lipinski definition) is 12. The summed E-state index contributed by atoms with van der Waals surface area (Å²) in [5.74, 6) is -0.659. The highest BCUT2D eigenvalue weighted by Gasteiger charge is 2.43. The largest absolute Gasteiger partial charge is 0.493 e. The van der Waals surface area contributed by atoms with Crippen molar-refractivity contribution in [2.75, 3.05) is 32.3 Å². The molecular weight excluding hydrogens is 869 g/mol. The highest BCUT2D eigenvalue weighted by Crippen LogP contribution is 2.38. The highest BCUT2D eigenvalue weighted by atomic mass is 32.2. The molecule has 5 amide bonds. The van der Waals surface area contributed by atoms with Crippen LogP contribution in [0.5, 0.6) is 17.2 Å². The van der Waals surface area contributed by atoms with Gasteiger partial charge in [0.15, 0.2) is 11.5 Å². The lowest BCUT2D eigenvalue weighted by Crippen LogP contribution is -2.52. The average molecular weight is 927 g/mol. The molecule has 65 heavy (non-hydrogen) atoms. The molecule has 4 aromatic rings. The third kappa shape index (κ3) is 11.5. The number of imide groups is 2. The Morgan fingerprint density at radius 3 is 2.29 bits per heavy atom. The summed E-state index contributed by atoms with van der Waals surface area (Å²) in [7, 11) is -2.09. The van der Waals surface area contributed by atoms with E-state index < -0.39 is 45.4 Å². The Morgan fingerprint density at radius 2 is 1.58 bits per heavy atom. The minimum Gasteiger partial charge on any atom is -0.493 e. The van der Waals surface area contributed by atoms with Crippen molar-refractivity contribution in [2.45, 2.75) is 109 Å². The zero-order valence-corrected chi connectivity index (χ0v) is 39.0. The average Bonchev–Trinajstić information content (AvgIpc) is 3.92. The summed E-state index contributed by atoms with van der Waals surface area (Å²) in [6.07, 6.45) is 11.0. The smallest absolute Gasteiger partial charge is 0.262 e. The summed E-state index contributed by atoms with van der Waals surface area (Å²) >= 11 is 1.48. The molecule has 0 spiro atoms. The summed E-state index contributed by atoms with van der Waals surface area (Å²) in [5, 5.41) is 7.71. The van der Waals surface area contributed by atoms with Gasteiger partial charge in [0.1, 0.15) is 28.2 Å². The van der Waals surface area contributed by atoms with E-state index in [1.165, 1.54) is 18.4 Å². The molecule has 3 aromatic carbocycles. The Balaban J connectivity index is 0.775. The van der Waals surface area contributed by atoms with Crippen molar-refractivity contribution in [1.29, 1.82) is 0 Å². The van der Waals surface area contributed by atoms with Gasteiger partial charge in [-0.25, -0.2) is 8.42 Å². The molecular formula is C49H58N4O10S2. The van der Waals surface area contributed by atoms with Gasteiger partial charge in [0.2, 0.25) is 11.8 Å². The zero-order chi connectivity index (χ0) is 46.1. The first-order chi connectivity index (χ1) is 31.4. The number of unbranched alkanes of at least 4 members (excludes halogenated alkanes) is 7. The van der Waals surface area contributed by atoms with Crippen molar-refractivity contribution in [2.24, 2.45) is 0 Å². The highest BCUT2D eigenvalue weighted by molar-refractivity contribution is 7.90. The van der Waals surface area contributed by atoms with Gasteiger partial charge in [0.05, 0.1) is 42.2 Å². The van der Waals surface area contributed by atoms with Crippen LogP contribution in [0.2, 0.25) is 0 Å². The molecule has 0 radical (unpaired) electrons. The maximum absolute atomic E-state index is 14.0. The van der Waals surface area contributed by atoms with E-state index in [0.29, 0.717) is 66.4 Å². The second kappa shape index (κ2) is 21.6. The lowest BCUT2D eigenvalue weighted by molar-refractivity contribution is -0.136. The van der Waals surface area contributed by atoms with Crippen molar-refractivity contribution in [1.82, 2.24) is 20.4 Å². The number of thiophene rings is 1. The number of sulfone groups is 1. The standard InChI is InChI=1S/C49H58N4O10S2/c1-4-62-42-26-34(19-23-41(42)61-2)40(31-65(3,59)60)53-48(57)36-16-13-15-33(45(36)49(53)58)14-11-9-7-5-6-8-10-12-25-50-27-32-17-20-35(21-18-32)63-29-43-37-28-52(47(56)38(37)30-64-43)39-22-24-44(54)51-46(39)55/h13,15-21,23,26,30,39-40,50H,4-12,14,22,24-25,27-29,31H2,1-3H3,(H,51,54,55). The number of carbonyl (C=O) groups is 5. The number of hydrogen-bond donors (Lipinski definition) is 2. The van der Waals surface area contributed by atoms with Gasteiger partial charge in [0.25, 0.3) is 17.7 Å². The molecule has 16 heteroatoms. The zero-order valence-electron chi connectivity index (χ0n) is 37.3. The molecule has 346 valence electrons. The molecule has 1 saturated heterocycles. The van der Waals surface area contributed by atoms with E-state index in [1.54, 1.807) is 35.2 Å². The first-order valence-corrected chi connectivity index (χ1v) is 25.5. The Hall–Kier alpha value is -5.58. The molecule has 2 N–H and O–H groups in total. The van der Waals surface area contributed by atoms with E-state index in [2.05, 4.69) is 10.6 Å². The second-order valence-corrected chi connectivity index (χ2v) is 20.1. The van der Waals surface area contributed by atoms with Crippen LogP contribution < -0.4 is 24.8 Å². The first kappa shape index (κ1) is 47.4. The first-order valence-electron chi connectivity index (χ1n) is 22.5. The molecule has 2 unspecified atom stereocenters. The summed E-state index contributed by atoms with van der Waals surface area (Å²) < 4.78 is 42.4. The number of aryl methyl sites for hydroxylation is 1. The van der Waals surface area contributed by atoms with Crippen LogP contribution in [0.3, 0.4) is 0 Å². The van der Waals surface area contributed by atoms with Gasteiger partial charge in [-0.15, -0.1) is 11.3 Å². The monoisotopic (exact) mass is 926 g/mol. The fourth-order valence-electron chi connectivity index (χ4n) is 8.88. The number of amides is 5. The third-order valence-corrected chi connectivity index (χ3v) is 14.2. The molecule has 1 aromatic heterocycles. The number of ether oxygens (including phenoxy) is 3. The number of carbonyl (C=O) groups excluding carboxylic acids is 5. The number of piperidine rings is 1. The second-order valence-electron chi connectivity index (χ2n) is 16.9. The van der Waals surface area contributed by atoms with Crippen LogP contribution in [0, 0.1) is 0 Å². The van der Waals surface area contributed by atoms with Gasteiger partial charge < -0.3 is 24.4 Å². The SMILES string of the molecule is CCOc1cc(C(CS(C)(=O)=O)N2C(=O)c3cccc(CCCCCCCCCCNCc4ccc(OCc5scc6c5CN(C5CCC(=O)NC5=O)C6=O)cc4)c3C2=O)ccc1OC. The van der Waals surface area contributed by atoms with Crippen molar-refractivity contribution in [3.05, 3.63) is 110 Å². The number of methoxy groups -OCH3 is 1. The molecule has 7 rings (SSSR count). The number of fused-ring (bicyclic) bond motifs is 2. The van der Waals surface area contributed by atoms with Gasteiger partial charge in [-0.05, 0) is 86.2 Å². The van der Waals surface area contributed by atoms with E-state index >= 15 is 0 Å². The molecule has 3 aliphatic rings. The van der Waals surface area contributed by atoms with E-state index in [9.17, 15) is 32.4 Å². The van der Waals surface area contributed by atoms with E-state index in [-0.39, 0.29) is 18.2 Å². The number of rotatable bonds is 24. The van der Waals surface area contributed by atoms with Crippen molar-refractivity contribution in [3.63, 3.8) is 0 Å².